The molecule has 0 nitrogen and oxygen atoms in total. The van der Waals surface area contributed by atoms with Gasteiger partial charge in [-0.05, 0) is 21.9 Å². The van der Waals surface area contributed by atoms with Crippen molar-refractivity contribution in [2.24, 2.45) is 0 Å². The quantitative estimate of drug-likeness (QED) is 0.458. The number of hydrogen-bond donors (Lipinski definition) is 0. The van der Waals surface area contributed by atoms with Crippen molar-refractivity contribution in [3.8, 4) is 0 Å². The Labute approximate surface area is 121 Å². The minimum absolute atomic E-state index is 0. The van der Waals surface area contributed by atoms with Crippen LogP contribution in [0.3, 0.4) is 0 Å². The maximum Gasteiger partial charge on any atom is 2.00 e. The summed E-state index contributed by atoms with van der Waals surface area (Å²) in [5.41, 5.74) is 0. The zero-order chi connectivity index (χ0) is 7.07. The van der Waals surface area contributed by atoms with Crippen molar-refractivity contribution >= 4 is 38.9 Å². The zero-order valence-corrected chi connectivity index (χ0v) is 16.1. The van der Waals surface area contributed by atoms with E-state index in [1.54, 1.807) is 0 Å². The first kappa shape index (κ1) is 24.0. The molecule has 0 heterocycles. The van der Waals surface area contributed by atoms with Crippen LogP contribution in [0.25, 0.3) is 0 Å². The van der Waals surface area contributed by atoms with E-state index in [0.29, 0.717) is 0 Å². The van der Waals surface area contributed by atoms with Crippen LogP contribution in [0.4, 0.5) is 0 Å². The summed E-state index contributed by atoms with van der Waals surface area (Å²) in [6.45, 7) is 0. The molecule has 0 atom stereocenters. The molecular weight excluding hydrogens is 304 g/mol. The van der Waals surface area contributed by atoms with Crippen molar-refractivity contribution in [2.75, 3.05) is 0 Å². The van der Waals surface area contributed by atoms with E-state index in [1.807, 2.05) is 24.3 Å². The first-order valence-corrected chi connectivity index (χ1v) is 3.43. The standard InChI is InChI=1S/2C5H5.BrH.2H3Si.Ti/c2*1-2-4-5-3-1;;;;/h2*1-3H,4H2;1H;2*1H3;/q2*-1;;;;+2. The van der Waals surface area contributed by atoms with E-state index in [1.165, 1.54) is 0 Å². The molecular formula is C10H17BrSi2Ti. The smallest absolute Gasteiger partial charge is 0.273 e. The molecule has 2 aliphatic carbocycles. The minimum atomic E-state index is 0. The molecule has 76 valence electrons. The van der Waals surface area contributed by atoms with E-state index in [4.69, 9.17) is 0 Å². The Balaban J connectivity index is -0.0000000556. The monoisotopic (exact) mass is 320 g/mol. The maximum absolute atomic E-state index is 2.99. The number of allylic oxidation sites excluding steroid dienone is 8. The second-order valence-corrected chi connectivity index (χ2v) is 2.01. The molecule has 0 N–H and O–H groups in total. The van der Waals surface area contributed by atoms with Gasteiger partial charge < -0.3 is 0 Å². The minimum Gasteiger partial charge on any atom is -0.273 e. The van der Waals surface area contributed by atoms with Gasteiger partial charge in [0.15, 0.2) is 0 Å². The van der Waals surface area contributed by atoms with Gasteiger partial charge in [0.2, 0.25) is 0 Å². The number of hydrogen-bond acceptors (Lipinski definition) is 0. The van der Waals surface area contributed by atoms with Crippen LogP contribution in [-0.4, -0.2) is 21.9 Å². The van der Waals surface area contributed by atoms with Crippen LogP contribution in [0, 0.1) is 12.2 Å². The van der Waals surface area contributed by atoms with Crippen molar-refractivity contribution in [1.29, 1.82) is 0 Å². The van der Waals surface area contributed by atoms with E-state index < -0.39 is 0 Å². The normalized spacial score (nSPS) is 12.6. The van der Waals surface area contributed by atoms with E-state index in [-0.39, 0.29) is 60.6 Å². The van der Waals surface area contributed by atoms with Gasteiger partial charge in [0.25, 0.3) is 0 Å². The first-order chi connectivity index (χ1) is 5.00. The predicted molar refractivity (Wildman–Crippen MR) is 73.3 cm³/mol. The van der Waals surface area contributed by atoms with Gasteiger partial charge in [-0.1, -0.05) is 0 Å². The third-order valence-electron chi connectivity index (χ3n) is 1.17. The average molecular weight is 321 g/mol. The van der Waals surface area contributed by atoms with Gasteiger partial charge >= 0.3 is 21.7 Å². The molecule has 0 spiro atoms. The predicted octanol–water partition coefficient (Wildman–Crippen LogP) is 0.819. The molecule has 0 amide bonds. The van der Waals surface area contributed by atoms with Crippen molar-refractivity contribution in [1.82, 2.24) is 0 Å². The molecule has 2 radical (unpaired) electrons. The molecule has 0 saturated carbocycles. The molecule has 2 rings (SSSR count). The Hall–Kier alpha value is 0.588. The Kier molecular flexibility index (Phi) is 33.0. The molecule has 0 bridgehead atoms. The molecule has 0 saturated heterocycles. The van der Waals surface area contributed by atoms with Crippen LogP contribution >= 0.6 is 17.0 Å². The van der Waals surface area contributed by atoms with E-state index >= 15 is 0 Å². The SMILES string of the molecule is Br.[C-]1=CC=CC1.[C-]1=CC=CC1.[SiH3].[SiH3].[Ti+2]. The molecule has 0 unspecified atom stereocenters. The summed E-state index contributed by atoms with van der Waals surface area (Å²) in [5.74, 6) is 0. The summed E-state index contributed by atoms with van der Waals surface area (Å²) in [4.78, 5) is 0. The molecule has 14 heavy (non-hydrogen) atoms. The summed E-state index contributed by atoms with van der Waals surface area (Å²) in [6.07, 6.45) is 20.0. The fraction of sp³-hybridized carbons (Fsp3) is 0.200. The van der Waals surface area contributed by atoms with Crippen LogP contribution in [0.15, 0.2) is 36.5 Å². The van der Waals surface area contributed by atoms with E-state index in [2.05, 4.69) is 24.3 Å². The van der Waals surface area contributed by atoms with Crippen LogP contribution < -0.4 is 0 Å². The van der Waals surface area contributed by atoms with Crippen molar-refractivity contribution < 1.29 is 21.7 Å². The average Bonchev–Trinajstić information content (AvgIpc) is 2.67. The van der Waals surface area contributed by atoms with Crippen molar-refractivity contribution in [2.45, 2.75) is 12.8 Å². The van der Waals surface area contributed by atoms with Crippen molar-refractivity contribution in [3.05, 3.63) is 48.6 Å². The molecule has 0 aromatic heterocycles. The Morgan fingerprint density at radius 3 is 1.21 bits per heavy atom. The fourth-order valence-electron chi connectivity index (χ4n) is 0.680. The summed E-state index contributed by atoms with van der Waals surface area (Å²) < 4.78 is 0. The summed E-state index contributed by atoms with van der Waals surface area (Å²) in [5, 5.41) is 0. The van der Waals surface area contributed by atoms with Crippen molar-refractivity contribution in [3.63, 3.8) is 0 Å². The van der Waals surface area contributed by atoms with Gasteiger partial charge in [-0.15, -0.1) is 29.8 Å². The third-order valence-corrected chi connectivity index (χ3v) is 1.17. The number of rotatable bonds is 0. The summed E-state index contributed by atoms with van der Waals surface area (Å²) in [7, 11) is 0. The first-order valence-electron chi connectivity index (χ1n) is 3.43. The largest absolute Gasteiger partial charge is 2.00 e. The second kappa shape index (κ2) is 19.2. The van der Waals surface area contributed by atoms with Gasteiger partial charge in [0.1, 0.15) is 0 Å². The zero-order valence-electron chi connectivity index (χ0n) is 8.79. The van der Waals surface area contributed by atoms with Gasteiger partial charge in [-0.25, -0.2) is 24.3 Å². The second-order valence-electron chi connectivity index (χ2n) is 2.01. The Morgan fingerprint density at radius 1 is 0.786 bits per heavy atom. The molecule has 4 heteroatoms. The van der Waals surface area contributed by atoms with Gasteiger partial charge in [0.05, 0.1) is 0 Å². The van der Waals surface area contributed by atoms with E-state index in [0.717, 1.165) is 12.8 Å². The Bertz CT molecular complexity index is 156. The maximum atomic E-state index is 2.99. The third kappa shape index (κ3) is 15.1. The van der Waals surface area contributed by atoms with Gasteiger partial charge in [-0.3, -0.25) is 12.2 Å². The number of halogens is 1. The molecule has 2 aliphatic rings. The summed E-state index contributed by atoms with van der Waals surface area (Å²) in [6, 6.07) is 0. The molecule has 0 fully saturated rings. The fourth-order valence-corrected chi connectivity index (χ4v) is 0.680. The van der Waals surface area contributed by atoms with Crippen LogP contribution in [0.2, 0.25) is 0 Å². The van der Waals surface area contributed by atoms with Crippen LogP contribution in [0.1, 0.15) is 12.8 Å². The Morgan fingerprint density at radius 2 is 1.14 bits per heavy atom. The van der Waals surface area contributed by atoms with Gasteiger partial charge in [0, 0.05) is 0 Å². The topological polar surface area (TPSA) is 0 Å². The molecule has 0 aromatic rings. The van der Waals surface area contributed by atoms with Gasteiger partial charge in [-0.2, -0.15) is 12.2 Å². The van der Waals surface area contributed by atoms with Crippen LogP contribution in [-0.2, 0) is 21.7 Å². The van der Waals surface area contributed by atoms with Crippen LogP contribution in [0.5, 0.6) is 0 Å². The van der Waals surface area contributed by atoms with E-state index in [9.17, 15) is 0 Å². The molecule has 0 aromatic carbocycles. The molecule has 0 aliphatic heterocycles. The summed E-state index contributed by atoms with van der Waals surface area (Å²) >= 11 is 0.